The second-order valence-corrected chi connectivity index (χ2v) is 3.76. The molecule has 0 aliphatic carbocycles. The molecular weight excluding hydrogens is 249 g/mol. The Morgan fingerprint density at radius 1 is 1.37 bits per heavy atom. The maximum atomic E-state index is 13.0. The Balaban J connectivity index is 1.98. The summed E-state index contributed by atoms with van der Waals surface area (Å²) in [5.41, 5.74) is 0.928. The number of halogens is 1. The van der Waals surface area contributed by atoms with Gasteiger partial charge in [0, 0.05) is 6.54 Å². The van der Waals surface area contributed by atoms with Crippen LogP contribution in [0, 0.1) is 5.82 Å². The van der Waals surface area contributed by atoms with Crippen molar-refractivity contribution in [3.63, 3.8) is 0 Å². The molecule has 1 N–H and O–H groups in total. The minimum atomic E-state index is -0.538. The maximum Gasteiger partial charge on any atom is 0.358 e. The quantitative estimate of drug-likeness (QED) is 0.853. The number of aromatic nitrogens is 2. The van der Waals surface area contributed by atoms with E-state index < -0.39 is 5.97 Å². The lowest BCUT2D eigenvalue weighted by atomic mass is 10.2. The number of carbonyl (C=O) groups is 1. The SMILES string of the molecule is COC(=O)c1cnc(NCc2cccc(F)c2)cn1. The van der Waals surface area contributed by atoms with Gasteiger partial charge in [-0.1, -0.05) is 12.1 Å². The maximum absolute atomic E-state index is 13.0. The van der Waals surface area contributed by atoms with Gasteiger partial charge in [0.25, 0.3) is 0 Å². The number of anilines is 1. The standard InChI is InChI=1S/C13H12FN3O2/c1-19-13(18)11-7-17-12(8-15-11)16-6-9-3-2-4-10(14)5-9/h2-5,7-8H,6H2,1H3,(H,16,17). The smallest absolute Gasteiger partial charge is 0.358 e. The molecule has 0 aliphatic rings. The molecule has 0 spiro atoms. The summed E-state index contributed by atoms with van der Waals surface area (Å²) >= 11 is 0. The lowest BCUT2D eigenvalue weighted by molar-refractivity contribution is 0.0593. The van der Waals surface area contributed by atoms with Crippen LogP contribution in [0.4, 0.5) is 10.2 Å². The van der Waals surface area contributed by atoms with E-state index >= 15 is 0 Å². The summed E-state index contributed by atoms with van der Waals surface area (Å²) in [5, 5.41) is 2.98. The molecule has 0 saturated heterocycles. The largest absolute Gasteiger partial charge is 0.464 e. The van der Waals surface area contributed by atoms with Crippen molar-refractivity contribution in [1.82, 2.24) is 9.97 Å². The van der Waals surface area contributed by atoms with Crippen molar-refractivity contribution >= 4 is 11.8 Å². The molecule has 0 amide bonds. The van der Waals surface area contributed by atoms with Crippen molar-refractivity contribution in [3.05, 3.63) is 53.7 Å². The van der Waals surface area contributed by atoms with Crippen LogP contribution in [0.2, 0.25) is 0 Å². The van der Waals surface area contributed by atoms with Gasteiger partial charge in [0.1, 0.15) is 11.6 Å². The Bertz CT molecular complexity index is 572. The number of benzene rings is 1. The summed E-state index contributed by atoms with van der Waals surface area (Å²) in [4.78, 5) is 19.1. The van der Waals surface area contributed by atoms with Crippen molar-refractivity contribution in [2.75, 3.05) is 12.4 Å². The minimum Gasteiger partial charge on any atom is -0.464 e. The number of esters is 1. The fourth-order valence-electron chi connectivity index (χ4n) is 1.47. The predicted octanol–water partition coefficient (Wildman–Crippen LogP) is 2.01. The molecule has 2 rings (SSSR count). The number of methoxy groups -OCH3 is 1. The van der Waals surface area contributed by atoms with Gasteiger partial charge < -0.3 is 10.1 Å². The van der Waals surface area contributed by atoms with Gasteiger partial charge >= 0.3 is 5.97 Å². The summed E-state index contributed by atoms with van der Waals surface area (Å²) in [5.74, 6) is -0.326. The number of hydrogen-bond acceptors (Lipinski definition) is 5. The summed E-state index contributed by atoms with van der Waals surface area (Å²) < 4.78 is 17.5. The molecule has 0 atom stereocenters. The lowest BCUT2D eigenvalue weighted by Gasteiger charge is -2.05. The molecule has 0 radical (unpaired) electrons. The molecule has 19 heavy (non-hydrogen) atoms. The lowest BCUT2D eigenvalue weighted by Crippen LogP contribution is -2.07. The molecule has 2 aromatic rings. The van der Waals surface area contributed by atoms with Gasteiger partial charge in [-0.3, -0.25) is 0 Å². The van der Waals surface area contributed by atoms with Crippen molar-refractivity contribution in [2.45, 2.75) is 6.54 Å². The van der Waals surface area contributed by atoms with Crippen LogP contribution >= 0.6 is 0 Å². The molecule has 0 fully saturated rings. The van der Waals surface area contributed by atoms with Crippen LogP contribution in [-0.2, 0) is 11.3 Å². The Kier molecular flexibility index (Phi) is 4.02. The first-order valence-electron chi connectivity index (χ1n) is 5.57. The third-order valence-electron chi connectivity index (χ3n) is 2.41. The van der Waals surface area contributed by atoms with Crippen molar-refractivity contribution in [2.24, 2.45) is 0 Å². The molecule has 5 nitrogen and oxygen atoms in total. The zero-order valence-electron chi connectivity index (χ0n) is 10.3. The van der Waals surface area contributed by atoms with E-state index in [1.165, 1.54) is 31.6 Å². The normalized spacial score (nSPS) is 10.0. The molecular formula is C13H12FN3O2. The average molecular weight is 261 g/mol. The van der Waals surface area contributed by atoms with E-state index in [1.54, 1.807) is 12.1 Å². The van der Waals surface area contributed by atoms with Gasteiger partial charge in [-0.15, -0.1) is 0 Å². The van der Waals surface area contributed by atoms with Gasteiger partial charge in [0.15, 0.2) is 5.69 Å². The summed E-state index contributed by atoms with van der Waals surface area (Å²) in [6, 6.07) is 6.25. The molecule has 1 aromatic heterocycles. The first kappa shape index (κ1) is 12.9. The second-order valence-electron chi connectivity index (χ2n) is 3.76. The number of nitrogens with one attached hydrogen (secondary N) is 1. The summed E-state index contributed by atoms with van der Waals surface area (Å²) in [7, 11) is 1.28. The van der Waals surface area contributed by atoms with E-state index in [-0.39, 0.29) is 11.5 Å². The number of rotatable bonds is 4. The molecule has 0 aliphatic heterocycles. The molecule has 0 saturated carbocycles. The van der Waals surface area contributed by atoms with Crippen molar-refractivity contribution in [3.8, 4) is 0 Å². The Labute approximate surface area is 109 Å². The van der Waals surface area contributed by atoms with Crippen LogP contribution in [0.3, 0.4) is 0 Å². The third kappa shape index (κ3) is 3.48. The highest BCUT2D eigenvalue weighted by molar-refractivity contribution is 5.86. The number of nitrogens with zero attached hydrogens (tertiary/aromatic N) is 2. The Morgan fingerprint density at radius 2 is 2.21 bits per heavy atom. The fraction of sp³-hybridized carbons (Fsp3) is 0.154. The van der Waals surface area contributed by atoms with E-state index in [0.717, 1.165) is 5.56 Å². The summed E-state index contributed by atoms with van der Waals surface area (Å²) in [6.07, 6.45) is 2.74. The highest BCUT2D eigenvalue weighted by atomic mass is 19.1. The Hall–Kier alpha value is -2.50. The molecule has 0 unspecified atom stereocenters. The van der Waals surface area contributed by atoms with Crippen LogP contribution < -0.4 is 5.32 Å². The first-order chi connectivity index (χ1) is 9.19. The predicted molar refractivity (Wildman–Crippen MR) is 67.1 cm³/mol. The minimum absolute atomic E-state index is 0.138. The van der Waals surface area contributed by atoms with E-state index in [1.807, 2.05) is 0 Å². The van der Waals surface area contributed by atoms with Gasteiger partial charge in [0.05, 0.1) is 19.5 Å². The molecule has 98 valence electrons. The van der Waals surface area contributed by atoms with Gasteiger partial charge in [-0.25, -0.2) is 19.2 Å². The van der Waals surface area contributed by atoms with Crippen LogP contribution in [0.25, 0.3) is 0 Å². The monoisotopic (exact) mass is 261 g/mol. The number of carbonyl (C=O) groups excluding carboxylic acids is 1. The van der Waals surface area contributed by atoms with Gasteiger partial charge in [0.2, 0.25) is 0 Å². The molecule has 1 heterocycles. The van der Waals surface area contributed by atoms with E-state index in [0.29, 0.717) is 12.4 Å². The first-order valence-corrected chi connectivity index (χ1v) is 5.57. The highest BCUT2D eigenvalue weighted by Gasteiger charge is 2.07. The molecule has 6 heteroatoms. The zero-order valence-corrected chi connectivity index (χ0v) is 10.3. The van der Waals surface area contributed by atoms with Gasteiger partial charge in [-0.05, 0) is 17.7 Å². The third-order valence-corrected chi connectivity index (χ3v) is 2.41. The van der Waals surface area contributed by atoms with Crippen LogP contribution in [0.15, 0.2) is 36.7 Å². The summed E-state index contributed by atoms with van der Waals surface area (Å²) in [6.45, 7) is 0.421. The molecule has 1 aromatic carbocycles. The van der Waals surface area contributed by atoms with Crippen LogP contribution in [0.5, 0.6) is 0 Å². The van der Waals surface area contributed by atoms with Crippen LogP contribution in [0.1, 0.15) is 16.1 Å². The van der Waals surface area contributed by atoms with Crippen molar-refractivity contribution < 1.29 is 13.9 Å². The van der Waals surface area contributed by atoms with Crippen LogP contribution in [-0.4, -0.2) is 23.0 Å². The van der Waals surface area contributed by atoms with Crippen molar-refractivity contribution in [1.29, 1.82) is 0 Å². The van der Waals surface area contributed by atoms with E-state index in [4.69, 9.17) is 0 Å². The number of ether oxygens (including phenoxy) is 1. The second kappa shape index (κ2) is 5.90. The highest BCUT2D eigenvalue weighted by Crippen LogP contribution is 2.07. The van der Waals surface area contributed by atoms with E-state index in [9.17, 15) is 9.18 Å². The van der Waals surface area contributed by atoms with E-state index in [2.05, 4.69) is 20.0 Å². The zero-order chi connectivity index (χ0) is 13.7. The van der Waals surface area contributed by atoms with Gasteiger partial charge in [-0.2, -0.15) is 0 Å². The fourth-order valence-corrected chi connectivity index (χ4v) is 1.47. The Morgan fingerprint density at radius 3 is 2.84 bits per heavy atom. The number of hydrogen-bond donors (Lipinski definition) is 1. The molecule has 0 bridgehead atoms. The topological polar surface area (TPSA) is 64.1 Å². The average Bonchev–Trinajstić information content (AvgIpc) is 2.45.